The highest BCUT2D eigenvalue weighted by molar-refractivity contribution is 7.80. The van der Waals surface area contributed by atoms with Gasteiger partial charge in [0.25, 0.3) is 0 Å². The molecule has 2 fully saturated rings. The van der Waals surface area contributed by atoms with E-state index >= 15 is 0 Å². The maximum atomic E-state index is 4.39. The van der Waals surface area contributed by atoms with Crippen LogP contribution in [-0.4, -0.2) is 5.75 Å². The van der Waals surface area contributed by atoms with E-state index in [2.05, 4.69) is 12.6 Å². The van der Waals surface area contributed by atoms with Crippen molar-refractivity contribution in [1.82, 2.24) is 0 Å². The third kappa shape index (κ3) is 1.58. The van der Waals surface area contributed by atoms with E-state index in [9.17, 15) is 0 Å². The van der Waals surface area contributed by atoms with Crippen molar-refractivity contribution in [2.75, 3.05) is 5.75 Å². The van der Waals surface area contributed by atoms with Crippen molar-refractivity contribution in [2.24, 2.45) is 17.8 Å². The van der Waals surface area contributed by atoms with E-state index in [-0.39, 0.29) is 0 Å². The standard InChI is InChI=1S/C10H18S/c11-7-8-4-5-9-2-1-3-10(9)6-8/h8-11H,1-7H2. The number of thiol groups is 1. The molecule has 3 unspecified atom stereocenters. The fraction of sp³-hybridized carbons (Fsp3) is 1.00. The van der Waals surface area contributed by atoms with E-state index < -0.39 is 0 Å². The number of rotatable bonds is 1. The Morgan fingerprint density at radius 1 is 1.00 bits per heavy atom. The van der Waals surface area contributed by atoms with E-state index in [0.717, 1.165) is 23.5 Å². The predicted octanol–water partition coefficient (Wildman–Crippen LogP) is 3.13. The van der Waals surface area contributed by atoms with Crippen LogP contribution in [0.2, 0.25) is 0 Å². The van der Waals surface area contributed by atoms with Gasteiger partial charge in [-0.05, 0) is 42.8 Å². The molecule has 0 aromatic heterocycles. The normalized spacial score (nSPS) is 43.9. The van der Waals surface area contributed by atoms with E-state index in [4.69, 9.17) is 0 Å². The van der Waals surface area contributed by atoms with Crippen LogP contribution < -0.4 is 0 Å². The van der Waals surface area contributed by atoms with Crippen molar-refractivity contribution in [3.63, 3.8) is 0 Å². The lowest BCUT2D eigenvalue weighted by atomic mass is 9.77. The molecule has 0 radical (unpaired) electrons. The predicted molar refractivity (Wildman–Crippen MR) is 52.0 cm³/mol. The molecule has 2 aliphatic rings. The van der Waals surface area contributed by atoms with Gasteiger partial charge < -0.3 is 0 Å². The van der Waals surface area contributed by atoms with E-state index in [1.807, 2.05) is 0 Å². The van der Waals surface area contributed by atoms with Gasteiger partial charge in [0.15, 0.2) is 0 Å². The maximum absolute atomic E-state index is 4.39. The molecule has 0 N–H and O–H groups in total. The second kappa shape index (κ2) is 3.38. The number of fused-ring (bicyclic) bond motifs is 1. The third-order valence-electron chi connectivity index (χ3n) is 3.66. The van der Waals surface area contributed by atoms with Crippen molar-refractivity contribution < 1.29 is 0 Å². The second-order valence-corrected chi connectivity index (χ2v) is 4.68. The first-order valence-electron chi connectivity index (χ1n) is 5.01. The zero-order chi connectivity index (χ0) is 7.68. The highest BCUT2D eigenvalue weighted by atomic mass is 32.1. The van der Waals surface area contributed by atoms with Crippen LogP contribution in [0.5, 0.6) is 0 Å². The first-order valence-corrected chi connectivity index (χ1v) is 5.64. The highest BCUT2D eigenvalue weighted by Gasteiger charge is 2.32. The Bertz CT molecular complexity index is 133. The monoisotopic (exact) mass is 170 g/mol. The van der Waals surface area contributed by atoms with Gasteiger partial charge in [0, 0.05) is 0 Å². The lowest BCUT2D eigenvalue weighted by molar-refractivity contribution is 0.223. The molecule has 0 amide bonds. The van der Waals surface area contributed by atoms with Crippen molar-refractivity contribution >= 4 is 12.6 Å². The van der Waals surface area contributed by atoms with Gasteiger partial charge in [-0.25, -0.2) is 0 Å². The molecule has 0 heterocycles. The molecule has 0 bridgehead atoms. The average Bonchev–Trinajstić information content (AvgIpc) is 2.50. The Morgan fingerprint density at radius 2 is 1.82 bits per heavy atom. The molecule has 2 aliphatic carbocycles. The maximum Gasteiger partial charge on any atom is -0.00694 e. The van der Waals surface area contributed by atoms with Crippen LogP contribution in [0.1, 0.15) is 38.5 Å². The molecular formula is C10H18S. The summed E-state index contributed by atoms with van der Waals surface area (Å²) in [6, 6.07) is 0. The van der Waals surface area contributed by atoms with Crippen molar-refractivity contribution in [1.29, 1.82) is 0 Å². The first-order chi connectivity index (χ1) is 5.40. The van der Waals surface area contributed by atoms with Crippen LogP contribution in [-0.2, 0) is 0 Å². The molecule has 0 aromatic carbocycles. The Kier molecular flexibility index (Phi) is 2.45. The molecule has 64 valence electrons. The van der Waals surface area contributed by atoms with Crippen molar-refractivity contribution in [2.45, 2.75) is 38.5 Å². The van der Waals surface area contributed by atoms with Gasteiger partial charge in [0.1, 0.15) is 0 Å². The van der Waals surface area contributed by atoms with Gasteiger partial charge >= 0.3 is 0 Å². The van der Waals surface area contributed by atoms with Gasteiger partial charge in [-0.3, -0.25) is 0 Å². The molecule has 1 heteroatoms. The van der Waals surface area contributed by atoms with Crippen LogP contribution in [0.15, 0.2) is 0 Å². The second-order valence-electron chi connectivity index (χ2n) is 4.31. The summed E-state index contributed by atoms with van der Waals surface area (Å²) in [7, 11) is 0. The zero-order valence-corrected chi connectivity index (χ0v) is 8.02. The lowest BCUT2D eigenvalue weighted by Gasteiger charge is -2.30. The fourth-order valence-electron chi connectivity index (χ4n) is 2.97. The summed E-state index contributed by atoms with van der Waals surface area (Å²) in [5.41, 5.74) is 0. The van der Waals surface area contributed by atoms with Gasteiger partial charge in [-0.15, -0.1) is 0 Å². The summed E-state index contributed by atoms with van der Waals surface area (Å²) in [6.45, 7) is 0. The average molecular weight is 170 g/mol. The molecule has 0 spiro atoms. The van der Waals surface area contributed by atoms with Crippen LogP contribution in [0, 0.1) is 17.8 Å². The van der Waals surface area contributed by atoms with Gasteiger partial charge in [-0.2, -0.15) is 12.6 Å². The summed E-state index contributed by atoms with van der Waals surface area (Å²) in [4.78, 5) is 0. The van der Waals surface area contributed by atoms with Crippen LogP contribution in [0.3, 0.4) is 0 Å². The molecule has 0 saturated heterocycles. The molecular weight excluding hydrogens is 152 g/mol. The molecule has 3 atom stereocenters. The minimum Gasteiger partial charge on any atom is -0.179 e. The molecule has 0 nitrogen and oxygen atoms in total. The van der Waals surface area contributed by atoms with Gasteiger partial charge in [0.2, 0.25) is 0 Å². The Balaban J connectivity index is 1.91. The minimum absolute atomic E-state index is 0.956. The number of hydrogen-bond donors (Lipinski definition) is 1. The Hall–Kier alpha value is 0.350. The summed E-state index contributed by atoms with van der Waals surface area (Å²) < 4.78 is 0. The fourth-order valence-corrected chi connectivity index (χ4v) is 3.30. The zero-order valence-electron chi connectivity index (χ0n) is 7.13. The number of hydrogen-bond acceptors (Lipinski definition) is 1. The van der Waals surface area contributed by atoms with Gasteiger partial charge in [0.05, 0.1) is 0 Å². The van der Waals surface area contributed by atoms with Crippen LogP contribution >= 0.6 is 12.6 Å². The van der Waals surface area contributed by atoms with Crippen LogP contribution in [0.4, 0.5) is 0 Å². The van der Waals surface area contributed by atoms with E-state index in [1.165, 1.54) is 38.5 Å². The molecule has 11 heavy (non-hydrogen) atoms. The largest absolute Gasteiger partial charge is 0.179 e. The summed E-state index contributed by atoms with van der Waals surface area (Å²) >= 11 is 4.39. The Morgan fingerprint density at radius 3 is 2.64 bits per heavy atom. The summed E-state index contributed by atoms with van der Waals surface area (Å²) in [6.07, 6.45) is 9.03. The van der Waals surface area contributed by atoms with Crippen LogP contribution in [0.25, 0.3) is 0 Å². The quantitative estimate of drug-likeness (QED) is 0.574. The van der Waals surface area contributed by atoms with E-state index in [1.54, 1.807) is 0 Å². The summed E-state index contributed by atoms with van der Waals surface area (Å²) in [5.74, 6) is 4.30. The molecule has 0 aromatic rings. The highest BCUT2D eigenvalue weighted by Crippen LogP contribution is 2.44. The van der Waals surface area contributed by atoms with E-state index in [0.29, 0.717) is 0 Å². The smallest absolute Gasteiger partial charge is 0.00694 e. The Labute approximate surface area is 75.2 Å². The lowest BCUT2D eigenvalue weighted by Crippen LogP contribution is -2.21. The van der Waals surface area contributed by atoms with Gasteiger partial charge in [-0.1, -0.05) is 19.3 Å². The molecule has 2 saturated carbocycles. The third-order valence-corrected chi connectivity index (χ3v) is 4.17. The molecule has 0 aliphatic heterocycles. The van der Waals surface area contributed by atoms with Crippen molar-refractivity contribution in [3.8, 4) is 0 Å². The summed E-state index contributed by atoms with van der Waals surface area (Å²) in [5, 5.41) is 0. The molecule has 2 rings (SSSR count). The first kappa shape index (κ1) is 7.97. The van der Waals surface area contributed by atoms with Crippen molar-refractivity contribution in [3.05, 3.63) is 0 Å². The SMILES string of the molecule is SCC1CCC2CCCC2C1. The topological polar surface area (TPSA) is 0 Å². The minimum atomic E-state index is 0.956.